The Morgan fingerprint density at radius 3 is 2.62 bits per heavy atom. The maximum absolute atomic E-state index is 14.1. The van der Waals surface area contributed by atoms with Gasteiger partial charge in [-0.1, -0.05) is 26.8 Å². The highest BCUT2D eigenvalue weighted by Crippen LogP contribution is 2.52. The highest BCUT2D eigenvalue weighted by molar-refractivity contribution is 5.92. The van der Waals surface area contributed by atoms with Crippen LogP contribution in [0.4, 0.5) is 0 Å². The van der Waals surface area contributed by atoms with Crippen molar-refractivity contribution in [3.8, 4) is 11.5 Å². The van der Waals surface area contributed by atoms with Crippen LogP contribution in [-0.2, 0) is 35.1 Å². The van der Waals surface area contributed by atoms with Crippen LogP contribution in [0, 0.1) is 16.7 Å². The third-order valence-electron chi connectivity index (χ3n) is 7.75. The summed E-state index contributed by atoms with van der Waals surface area (Å²) in [6.45, 7) is 9.29. The lowest BCUT2D eigenvalue weighted by atomic mass is 9.65. The first-order valence-electron chi connectivity index (χ1n) is 13.4. The van der Waals surface area contributed by atoms with Crippen LogP contribution in [0.1, 0.15) is 52.5 Å². The molecule has 4 rings (SSSR count). The van der Waals surface area contributed by atoms with Gasteiger partial charge in [0, 0.05) is 38.3 Å². The van der Waals surface area contributed by atoms with E-state index in [0.29, 0.717) is 36.8 Å². The topological polar surface area (TPSA) is 113 Å². The van der Waals surface area contributed by atoms with Gasteiger partial charge in [0.15, 0.2) is 11.5 Å². The number of nitrogens with zero attached hydrogens (tertiary/aromatic N) is 1. The van der Waals surface area contributed by atoms with Crippen LogP contribution in [0.5, 0.6) is 11.5 Å². The van der Waals surface area contributed by atoms with Crippen molar-refractivity contribution >= 4 is 17.8 Å². The number of esters is 1. The van der Waals surface area contributed by atoms with Crippen molar-refractivity contribution in [1.29, 1.82) is 0 Å². The van der Waals surface area contributed by atoms with Gasteiger partial charge in [-0.15, -0.1) is 0 Å². The molecule has 0 aliphatic carbocycles. The highest BCUT2D eigenvalue weighted by Gasteiger charge is 2.60. The molecule has 1 saturated heterocycles. The van der Waals surface area contributed by atoms with Crippen LogP contribution in [-0.4, -0.2) is 69.1 Å². The number of amides is 2. The Bertz CT molecular complexity index is 1130. The summed E-state index contributed by atoms with van der Waals surface area (Å²) in [6, 6.07) is 5.52. The van der Waals surface area contributed by atoms with Crippen LogP contribution in [0.15, 0.2) is 30.0 Å². The van der Waals surface area contributed by atoms with Crippen LogP contribution >= 0.6 is 0 Å². The Hall–Kier alpha value is -3.11. The minimum atomic E-state index is -1.25. The number of ether oxygens (including phenoxy) is 5. The number of carbonyl (C=O) groups excluding carboxylic acids is 3. The Morgan fingerprint density at radius 2 is 1.92 bits per heavy atom. The summed E-state index contributed by atoms with van der Waals surface area (Å²) >= 11 is 0. The number of benzene rings is 1. The fraction of sp³-hybridized carbons (Fsp3) is 0.621. The highest BCUT2D eigenvalue weighted by atomic mass is 16.7. The predicted octanol–water partition coefficient (Wildman–Crippen LogP) is 3.18. The second kappa shape index (κ2) is 11.6. The van der Waals surface area contributed by atoms with Gasteiger partial charge in [-0.25, -0.2) is 0 Å². The van der Waals surface area contributed by atoms with Gasteiger partial charge in [0.25, 0.3) is 0 Å². The van der Waals surface area contributed by atoms with Gasteiger partial charge in [-0.05, 0) is 49.0 Å². The zero-order valence-corrected chi connectivity index (χ0v) is 23.7. The molecule has 1 aromatic rings. The van der Waals surface area contributed by atoms with Gasteiger partial charge in [0.2, 0.25) is 18.6 Å². The van der Waals surface area contributed by atoms with Crippen LogP contribution in [0.2, 0.25) is 0 Å². The SMILES string of the molecule is COCCCNC(=O)C[C@H]1C[C@@]2(C(=O)OC)C(=C[C@H](C(C)(C)C)O[C@@H]2C)N(Cc2ccc3c(c2)OCO3)C1=O. The Labute approximate surface area is 229 Å². The molecule has 0 bridgehead atoms. The maximum Gasteiger partial charge on any atom is 0.320 e. The van der Waals surface area contributed by atoms with E-state index in [1.165, 1.54) is 7.11 Å². The first-order valence-corrected chi connectivity index (χ1v) is 13.4. The minimum absolute atomic E-state index is 0.0507. The first-order chi connectivity index (χ1) is 18.5. The Balaban J connectivity index is 1.73. The van der Waals surface area contributed by atoms with E-state index in [2.05, 4.69) is 26.1 Å². The van der Waals surface area contributed by atoms with Crippen molar-refractivity contribution < 1.29 is 38.1 Å². The lowest BCUT2D eigenvalue weighted by molar-refractivity contribution is -0.180. The smallest absolute Gasteiger partial charge is 0.320 e. The van der Waals surface area contributed by atoms with E-state index in [1.54, 1.807) is 12.0 Å². The van der Waals surface area contributed by atoms with Gasteiger partial charge >= 0.3 is 5.97 Å². The summed E-state index contributed by atoms with van der Waals surface area (Å²) in [5.74, 6) is -0.450. The van der Waals surface area contributed by atoms with E-state index >= 15 is 0 Å². The van der Waals surface area contributed by atoms with Crippen molar-refractivity contribution in [2.75, 3.05) is 34.2 Å². The first kappa shape index (κ1) is 28.9. The zero-order valence-electron chi connectivity index (χ0n) is 23.7. The minimum Gasteiger partial charge on any atom is -0.468 e. The fourth-order valence-corrected chi connectivity index (χ4v) is 5.57. The third-order valence-corrected chi connectivity index (χ3v) is 7.75. The summed E-state index contributed by atoms with van der Waals surface area (Å²) < 4.78 is 27.8. The molecule has 0 saturated carbocycles. The summed E-state index contributed by atoms with van der Waals surface area (Å²) in [7, 11) is 2.94. The number of methoxy groups -OCH3 is 2. The average Bonchev–Trinajstić information content (AvgIpc) is 3.36. The van der Waals surface area contributed by atoms with Gasteiger partial charge in [0.05, 0.1) is 25.9 Å². The van der Waals surface area contributed by atoms with Gasteiger partial charge in [-0.2, -0.15) is 0 Å². The number of hydrogen-bond acceptors (Lipinski definition) is 8. The van der Waals surface area contributed by atoms with Crippen LogP contribution in [0.25, 0.3) is 0 Å². The van der Waals surface area contributed by atoms with Crippen molar-refractivity contribution in [2.24, 2.45) is 16.7 Å². The number of likely N-dealkylation sites (tertiary alicyclic amines) is 1. The molecule has 1 N–H and O–H groups in total. The standard InChI is InChI=1S/C29H40N2O8/c1-18-29(27(34)36-6)15-20(13-25(32)30-10-7-11-35-5)26(33)31(23(29)14-24(39-18)28(2,3)4)16-19-8-9-21-22(12-19)38-17-37-21/h8-9,12,14,18,20,24H,7,10-11,13,15-17H2,1-6H3,(H,30,32)/t18-,20+,24-,29+/m1/s1. The second-order valence-electron chi connectivity index (χ2n) is 11.5. The fourth-order valence-electron chi connectivity index (χ4n) is 5.57. The largest absolute Gasteiger partial charge is 0.468 e. The molecule has 2 amide bonds. The molecule has 0 aromatic heterocycles. The molecule has 10 heteroatoms. The summed E-state index contributed by atoms with van der Waals surface area (Å²) in [4.78, 5) is 42.2. The third kappa shape index (κ3) is 5.77. The van der Waals surface area contributed by atoms with Gasteiger partial charge in [-0.3, -0.25) is 14.4 Å². The van der Waals surface area contributed by atoms with Gasteiger partial charge in [0.1, 0.15) is 5.41 Å². The number of carbonyl (C=O) groups is 3. The van der Waals surface area contributed by atoms with E-state index in [4.69, 9.17) is 23.7 Å². The molecule has 1 fully saturated rings. The van der Waals surface area contributed by atoms with Crippen molar-refractivity contribution in [3.63, 3.8) is 0 Å². The molecular formula is C29H40N2O8. The predicted molar refractivity (Wildman–Crippen MR) is 142 cm³/mol. The average molecular weight is 545 g/mol. The van der Waals surface area contributed by atoms with Gasteiger partial charge < -0.3 is 33.9 Å². The molecular weight excluding hydrogens is 504 g/mol. The van der Waals surface area contributed by atoms with Crippen LogP contribution in [0.3, 0.4) is 0 Å². The molecule has 0 radical (unpaired) electrons. The number of fused-ring (bicyclic) bond motifs is 2. The molecule has 1 aromatic carbocycles. The number of piperidine rings is 1. The van der Waals surface area contributed by atoms with Crippen molar-refractivity contribution in [1.82, 2.24) is 10.2 Å². The number of hydrogen-bond donors (Lipinski definition) is 1. The zero-order chi connectivity index (χ0) is 28.4. The second-order valence-corrected chi connectivity index (χ2v) is 11.5. The normalized spacial score (nSPS) is 26.1. The molecule has 3 heterocycles. The molecule has 0 unspecified atom stereocenters. The van der Waals surface area contributed by atoms with E-state index in [9.17, 15) is 14.4 Å². The van der Waals surface area contributed by atoms with E-state index in [1.807, 2.05) is 31.2 Å². The molecule has 39 heavy (non-hydrogen) atoms. The lowest BCUT2D eigenvalue weighted by Crippen LogP contribution is -2.61. The van der Waals surface area contributed by atoms with E-state index in [0.717, 1.165) is 5.56 Å². The summed E-state index contributed by atoms with van der Waals surface area (Å²) in [6.07, 6.45) is 1.69. The molecule has 214 valence electrons. The Kier molecular flexibility index (Phi) is 8.56. The molecule has 3 aliphatic rings. The lowest BCUT2D eigenvalue weighted by Gasteiger charge is -2.53. The summed E-state index contributed by atoms with van der Waals surface area (Å²) in [5, 5.41) is 2.86. The van der Waals surface area contributed by atoms with E-state index in [-0.39, 0.29) is 49.5 Å². The van der Waals surface area contributed by atoms with Crippen LogP contribution < -0.4 is 14.8 Å². The number of rotatable bonds is 9. The molecule has 3 aliphatic heterocycles. The molecule has 0 spiro atoms. The van der Waals surface area contributed by atoms with Crippen molar-refractivity contribution in [3.05, 3.63) is 35.5 Å². The summed E-state index contributed by atoms with van der Waals surface area (Å²) in [5.41, 5.74) is -0.159. The quantitative estimate of drug-likeness (QED) is 0.373. The molecule has 4 atom stereocenters. The van der Waals surface area contributed by atoms with E-state index < -0.39 is 23.4 Å². The maximum atomic E-state index is 14.1. The molecule has 10 nitrogen and oxygen atoms in total. The Morgan fingerprint density at radius 1 is 1.18 bits per heavy atom. The van der Waals surface area contributed by atoms with Crippen molar-refractivity contribution in [2.45, 2.75) is 65.7 Å². The monoisotopic (exact) mass is 544 g/mol. The number of nitrogens with one attached hydrogen (secondary N) is 1.